The smallest absolute Gasteiger partial charge is 0.294 e. The zero-order valence-corrected chi connectivity index (χ0v) is 25.3. The molecule has 3 N–H and O–H groups in total. The highest BCUT2D eigenvalue weighted by Crippen LogP contribution is 2.28. The SMILES string of the molecule is CO/N=C(/N[C@H]1CC[C@H](C(=O)N(C)C)C[C@H]1NC(=O)c1nc2c(s1)CN(C)CC2)C(=O)Nc1ccc(Cl)cc1.Cl. The van der Waals surface area contributed by atoms with Crippen LogP contribution in [0.1, 0.15) is 39.6 Å². The summed E-state index contributed by atoms with van der Waals surface area (Å²) in [7, 11) is 6.85. The number of oxime groups is 1. The summed E-state index contributed by atoms with van der Waals surface area (Å²) in [6, 6.07) is 5.87. The molecule has 1 fully saturated rings. The van der Waals surface area contributed by atoms with Crippen LogP contribution in [0.25, 0.3) is 0 Å². The van der Waals surface area contributed by atoms with Crippen molar-refractivity contribution in [3.8, 4) is 0 Å². The lowest BCUT2D eigenvalue weighted by molar-refractivity contribution is -0.134. The maximum Gasteiger partial charge on any atom is 0.294 e. The molecule has 2 heterocycles. The summed E-state index contributed by atoms with van der Waals surface area (Å²) in [5, 5.41) is 13.9. The second kappa shape index (κ2) is 14.1. The zero-order chi connectivity index (χ0) is 28.1. The van der Waals surface area contributed by atoms with Crippen molar-refractivity contribution >= 4 is 64.6 Å². The largest absolute Gasteiger partial charge is 0.397 e. The summed E-state index contributed by atoms with van der Waals surface area (Å²) in [5.74, 6) is -1.09. The number of thiazole rings is 1. The molecule has 1 aliphatic carbocycles. The molecule has 11 nitrogen and oxygen atoms in total. The molecule has 4 rings (SSSR count). The first-order valence-electron chi connectivity index (χ1n) is 12.8. The number of aromatic nitrogens is 1. The molecule has 1 aliphatic heterocycles. The van der Waals surface area contributed by atoms with Crippen LogP contribution < -0.4 is 16.0 Å². The minimum atomic E-state index is -0.507. The number of likely N-dealkylation sites (N-methyl/N-ethyl adjacent to an activating group) is 1. The van der Waals surface area contributed by atoms with Crippen LogP contribution in [0.5, 0.6) is 0 Å². The third kappa shape index (κ3) is 7.84. The predicted molar refractivity (Wildman–Crippen MR) is 158 cm³/mol. The fourth-order valence-corrected chi connectivity index (χ4v) is 6.08. The van der Waals surface area contributed by atoms with Crippen molar-refractivity contribution in [1.82, 2.24) is 25.4 Å². The first-order valence-corrected chi connectivity index (χ1v) is 14.0. The number of fused-ring (bicyclic) bond motifs is 1. The number of amidine groups is 1. The average Bonchev–Trinajstić information content (AvgIpc) is 3.33. The highest BCUT2D eigenvalue weighted by atomic mass is 35.5. The number of carbonyl (C=O) groups excluding carboxylic acids is 3. The Bertz CT molecular complexity index is 1240. The van der Waals surface area contributed by atoms with E-state index in [1.54, 1.807) is 43.3 Å². The van der Waals surface area contributed by atoms with Gasteiger partial charge in [-0.3, -0.25) is 14.4 Å². The van der Waals surface area contributed by atoms with Gasteiger partial charge in [-0.05, 0) is 50.6 Å². The Morgan fingerprint density at radius 1 is 1.15 bits per heavy atom. The van der Waals surface area contributed by atoms with Crippen molar-refractivity contribution in [2.24, 2.45) is 11.1 Å². The van der Waals surface area contributed by atoms with Crippen molar-refractivity contribution in [2.75, 3.05) is 40.1 Å². The zero-order valence-electron chi connectivity index (χ0n) is 22.9. The maximum atomic E-state index is 13.3. The number of nitrogens with one attached hydrogen (secondary N) is 3. The van der Waals surface area contributed by atoms with E-state index in [0.29, 0.717) is 35.0 Å². The lowest BCUT2D eigenvalue weighted by Crippen LogP contribution is -2.57. The molecule has 0 unspecified atom stereocenters. The highest BCUT2D eigenvalue weighted by molar-refractivity contribution is 7.13. The van der Waals surface area contributed by atoms with Crippen molar-refractivity contribution in [2.45, 2.75) is 44.3 Å². The van der Waals surface area contributed by atoms with Gasteiger partial charge < -0.3 is 30.6 Å². The predicted octanol–water partition coefficient (Wildman–Crippen LogP) is 2.75. The van der Waals surface area contributed by atoms with E-state index in [2.05, 4.69) is 31.0 Å². The van der Waals surface area contributed by atoms with Gasteiger partial charge in [0.25, 0.3) is 11.8 Å². The van der Waals surface area contributed by atoms with Gasteiger partial charge in [0.05, 0.1) is 11.7 Å². The van der Waals surface area contributed by atoms with Crippen molar-refractivity contribution in [3.05, 3.63) is 44.9 Å². The molecule has 1 saturated carbocycles. The Kier molecular flexibility index (Phi) is 11.1. The van der Waals surface area contributed by atoms with Gasteiger partial charge in [0.1, 0.15) is 7.11 Å². The number of rotatable bonds is 6. The fraction of sp³-hybridized carbons (Fsp3) is 0.500. The quantitative estimate of drug-likeness (QED) is 0.260. The molecule has 0 saturated heterocycles. The van der Waals surface area contributed by atoms with Crippen LogP contribution in [0.4, 0.5) is 5.69 Å². The Morgan fingerprint density at radius 2 is 1.88 bits per heavy atom. The van der Waals surface area contributed by atoms with E-state index in [4.69, 9.17) is 16.4 Å². The summed E-state index contributed by atoms with van der Waals surface area (Å²) in [6.45, 7) is 1.67. The molecule has 0 radical (unpaired) electrons. The molecular weight excluding hydrogens is 577 g/mol. The standard InChI is InChI=1S/C26H34ClN7O4S.ClH/c1-33(2)26(37)15-5-10-18(29-22(32-38-4)23(35)28-17-8-6-16(27)7-9-17)20(13-15)30-24(36)25-31-19-11-12-34(3)14-21(19)39-25;/h6-9,15,18,20H,5,10-14H2,1-4H3,(H,28,35)(H,29,32)(H,30,36);1H/t15-,18-,20+;/m0./s1. The monoisotopic (exact) mass is 611 g/mol. The van der Waals surface area contributed by atoms with E-state index in [-0.39, 0.29) is 42.0 Å². The maximum absolute atomic E-state index is 13.3. The molecule has 40 heavy (non-hydrogen) atoms. The highest BCUT2D eigenvalue weighted by Gasteiger charge is 2.37. The van der Waals surface area contributed by atoms with E-state index in [9.17, 15) is 14.4 Å². The van der Waals surface area contributed by atoms with Crippen LogP contribution in [0.15, 0.2) is 29.4 Å². The molecule has 14 heteroatoms. The van der Waals surface area contributed by atoms with Gasteiger partial charge in [-0.2, -0.15) is 0 Å². The third-order valence-corrected chi connectivity index (χ3v) is 8.23. The Morgan fingerprint density at radius 3 is 2.55 bits per heavy atom. The number of amides is 3. The molecule has 1 aromatic heterocycles. The summed E-state index contributed by atoms with van der Waals surface area (Å²) < 4.78 is 0. The topological polar surface area (TPSA) is 128 Å². The van der Waals surface area contributed by atoms with Gasteiger partial charge in [-0.25, -0.2) is 4.98 Å². The molecule has 2 aliphatic rings. The van der Waals surface area contributed by atoms with Crippen molar-refractivity contribution in [1.29, 1.82) is 0 Å². The van der Waals surface area contributed by atoms with E-state index in [1.807, 2.05) is 7.05 Å². The van der Waals surface area contributed by atoms with Crippen LogP contribution >= 0.6 is 35.3 Å². The molecule has 218 valence electrons. The Labute approximate surface area is 249 Å². The number of benzene rings is 1. The second-order valence-corrected chi connectivity index (χ2v) is 11.6. The van der Waals surface area contributed by atoms with Crippen LogP contribution in [-0.4, -0.2) is 85.2 Å². The molecule has 0 spiro atoms. The number of nitrogens with zero attached hydrogens (tertiary/aromatic N) is 4. The molecule has 2 aromatic rings. The molecule has 3 atom stereocenters. The molecule has 3 amide bonds. The van der Waals surface area contributed by atoms with Crippen LogP contribution in [0.3, 0.4) is 0 Å². The minimum absolute atomic E-state index is 0. The van der Waals surface area contributed by atoms with E-state index < -0.39 is 11.9 Å². The second-order valence-electron chi connectivity index (χ2n) is 10.0. The molecule has 0 bridgehead atoms. The number of carbonyl (C=O) groups is 3. The van der Waals surface area contributed by atoms with Gasteiger partial charge in [0.2, 0.25) is 11.7 Å². The van der Waals surface area contributed by atoms with Gasteiger partial charge >= 0.3 is 0 Å². The summed E-state index contributed by atoms with van der Waals surface area (Å²) in [5.41, 5.74) is 1.51. The lowest BCUT2D eigenvalue weighted by atomic mass is 9.81. The van der Waals surface area contributed by atoms with Gasteiger partial charge in [-0.15, -0.1) is 23.7 Å². The first kappa shape index (κ1) is 31.6. The first-order chi connectivity index (χ1) is 18.6. The van der Waals surface area contributed by atoms with Gasteiger partial charge in [0, 0.05) is 61.2 Å². The molecular formula is C26H35Cl2N7O4S. The number of hydrogen-bond acceptors (Lipinski definition) is 8. The number of halogens is 2. The lowest BCUT2D eigenvalue weighted by Gasteiger charge is -2.37. The van der Waals surface area contributed by atoms with Gasteiger partial charge in [0.15, 0.2) is 5.01 Å². The minimum Gasteiger partial charge on any atom is -0.397 e. The Balaban J connectivity index is 0.00000441. The van der Waals surface area contributed by atoms with E-state index in [1.165, 1.54) is 18.4 Å². The van der Waals surface area contributed by atoms with Crippen LogP contribution in [0, 0.1) is 5.92 Å². The van der Waals surface area contributed by atoms with E-state index in [0.717, 1.165) is 30.1 Å². The van der Waals surface area contributed by atoms with Crippen LogP contribution in [-0.2, 0) is 27.4 Å². The summed E-state index contributed by atoms with van der Waals surface area (Å²) in [6.07, 6.45) is 2.35. The summed E-state index contributed by atoms with van der Waals surface area (Å²) in [4.78, 5) is 53.6. The van der Waals surface area contributed by atoms with Crippen molar-refractivity contribution < 1.29 is 19.2 Å². The van der Waals surface area contributed by atoms with Crippen molar-refractivity contribution in [3.63, 3.8) is 0 Å². The van der Waals surface area contributed by atoms with Gasteiger partial charge in [-0.1, -0.05) is 16.8 Å². The normalized spacial score (nSPS) is 20.9. The number of hydrogen-bond donors (Lipinski definition) is 3. The fourth-order valence-electron chi connectivity index (χ4n) is 4.87. The molecule has 1 aromatic carbocycles. The number of anilines is 1. The Hall–Kier alpha value is -2.93. The average molecular weight is 613 g/mol. The third-order valence-electron chi connectivity index (χ3n) is 6.89. The van der Waals surface area contributed by atoms with E-state index >= 15 is 0 Å². The van der Waals surface area contributed by atoms with Crippen LogP contribution in [0.2, 0.25) is 5.02 Å². The summed E-state index contributed by atoms with van der Waals surface area (Å²) >= 11 is 7.34.